The van der Waals surface area contributed by atoms with Crippen LogP contribution in [-0.4, -0.2) is 32.1 Å². The van der Waals surface area contributed by atoms with Gasteiger partial charge in [-0.2, -0.15) is 10.4 Å². The van der Waals surface area contributed by atoms with Crippen molar-refractivity contribution in [3.05, 3.63) is 82.6 Å². The maximum absolute atomic E-state index is 13.0. The molecule has 0 unspecified atom stereocenters. The van der Waals surface area contributed by atoms with Crippen molar-refractivity contribution < 1.29 is 4.79 Å². The highest BCUT2D eigenvalue weighted by Crippen LogP contribution is 2.18. The van der Waals surface area contributed by atoms with Crippen LogP contribution in [0.1, 0.15) is 16.7 Å². The molecule has 0 aliphatic heterocycles. The van der Waals surface area contributed by atoms with E-state index in [1.807, 2.05) is 43.3 Å². The maximum atomic E-state index is 13.0. The molecule has 0 aliphatic carbocycles. The fourth-order valence-corrected chi connectivity index (χ4v) is 3.13. The molecule has 1 amide bonds. The Morgan fingerprint density at radius 2 is 1.97 bits per heavy atom. The highest BCUT2D eigenvalue weighted by atomic mass is 32.1. The van der Waals surface area contributed by atoms with E-state index in [4.69, 9.17) is 17.5 Å². The summed E-state index contributed by atoms with van der Waals surface area (Å²) in [7, 11) is 0. The molecule has 0 spiro atoms. The molecule has 0 fully saturated rings. The zero-order chi connectivity index (χ0) is 20.8. The van der Waals surface area contributed by atoms with E-state index >= 15 is 0 Å². The average Bonchev–Trinajstić information content (AvgIpc) is 3.09. The lowest BCUT2D eigenvalue weighted by molar-refractivity contribution is -0.131. The lowest BCUT2D eigenvalue weighted by Gasteiger charge is -2.22. The summed E-state index contributed by atoms with van der Waals surface area (Å²) in [5.41, 5.74) is 3.56. The van der Waals surface area contributed by atoms with E-state index in [1.165, 1.54) is 0 Å². The van der Waals surface area contributed by atoms with E-state index in [9.17, 15) is 4.79 Å². The Labute approximate surface area is 174 Å². The Morgan fingerprint density at radius 1 is 1.28 bits per heavy atom. The Hall–Kier alpha value is -3.50. The maximum Gasteiger partial charge on any atom is 0.243 e. The first-order valence-corrected chi connectivity index (χ1v) is 9.52. The third-order valence-electron chi connectivity index (χ3n) is 4.52. The van der Waals surface area contributed by atoms with Crippen LogP contribution < -0.4 is 0 Å². The summed E-state index contributed by atoms with van der Waals surface area (Å²) in [6.07, 6.45) is 1.69. The topological polar surface area (TPSA) is 77.7 Å². The standard InChI is InChI=1S/C22H21N5OS/c1-3-12-26(14-18-8-6-17(13-23)7-9-18)20(28)15-27-21(24-25-22(27)29)19-10-4-16(2)5-11-19/h3-11H,1,12,14-15H2,2H3,(H,25,29). The van der Waals surface area contributed by atoms with Gasteiger partial charge in [-0.05, 0) is 36.8 Å². The van der Waals surface area contributed by atoms with Crippen LogP contribution in [0.15, 0.2) is 61.2 Å². The number of hydrogen-bond donors (Lipinski definition) is 1. The summed E-state index contributed by atoms with van der Waals surface area (Å²) in [5, 5.41) is 16.0. The van der Waals surface area contributed by atoms with Gasteiger partial charge >= 0.3 is 0 Å². The number of carbonyl (C=O) groups is 1. The van der Waals surface area contributed by atoms with Gasteiger partial charge in [-0.1, -0.05) is 48.0 Å². The van der Waals surface area contributed by atoms with Crippen LogP contribution in [0.5, 0.6) is 0 Å². The number of benzene rings is 2. The molecule has 6 nitrogen and oxygen atoms in total. The van der Waals surface area contributed by atoms with Crippen LogP contribution >= 0.6 is 12.2 Å². The second kappa shape index (κ2) is 9.13. The number of carbonyl (C=O) groups excluding carboxylic acids is 1. The van der Waals surface area contributed by atoms with Gasteiger partial charge in [0, 0.05) is 18.7 Å². The molecule has 29 heavy (non-hydrogen) atoms. The Kier molecular flexibility index (Phi) is 6.37. The van der Waals surface area contributed by atoms with E-state index in [0.717, 1.165) is 16.7 Å². The minimum Gasteiger partial charge on any atom is -0.333 e. The van der Waals surface area contributed by atoms with Gasteiger partial charge in [0.05, 0.1) is 11.6 Å². The summed E-state index contributed by atoms with van der Waals surface area (Å²) < 4.78 is 2.10. The molecule has 0 saturated heterocycles. The highest BCUT2D eigenvalue weighted by Gasteiger charge is 2.17. The quantitative estimate of drug-likeness (QED) is 0.478. The third-order valence-corrected chi connectivity index (χ3v) is 4.83. The zero-order valence-corrected chi connectivity index (χ0v) is 16.9. The molecule has 3 aromatic rings. The van der Waals surface area contributed by atoms with Gasteiger partial charge in [0.25, 0.3) is 0 Å². The number of amides is 1. The molecule has 3 rings (SSSR count). The largest absolute Gasteiger partial charge is 0.333 e. The molecular weight excluding hydrogens is 382 g/mol. The van der Waals surface area contributed by atoms with Gasteiger partial charge in [0.1, 0.15) is 6.54 Å². The van der Waals surface area contributed by atoms with E-state index in [1.54, 1.807) is 27.7 Å². The van der Waals surface area contributed by atoms with Crippen LogP contribution in [0, 0.1) is 23.0 Å². The van der Waals surface area contributed by atoms with Gasteiger partial charge < -0.3 is 4.90 Å². The molecule has 2 aromatic carbocycles. The van der Waals surface area contributed by atoms with Crippen molar-refractivity contribution in [2.45, 2.75) is 20.0 Å². The number of aromatic nitrogens is 3. The van der Waals surface area contributed by atoms with E-state index in [0.29, 0.717) is 29.2 Å². The molecule has 0 radical (unpaired) electrons. The molecule has 1 aromatic heterocycles. The van der Waals surface area contributed by atoms with Gasteiger partial charge in [-0.25, -0.2) is 0 Å². The van der Waals surface area contributed by atoms with Crippen molar-refractivity contribution in [1.82, 2.24) is 19.7 Å². The molecule has 0 aliphatic rings. The van der Waals surface area contributed by atoms with Crippen LogP contribution in [0.25, 0.3) is 11.4 Å². The minimum absolute atomic E-state index is 0.0721. The van der Waals surface area contributed by atoms with E-state index < -0.39 is 0 Å². The molecule has 0 saturated carbocycles. The molecule has 0 atom stereocenters. The fraction of sp³-hybridized carbons (Fsp3) is 0.182. The Balaban J connectivity index is 1.82. The van der Waals surface area contributed by atoms with Crippen LogP contribution in [-0.2, 0) is 17.9 Å². The average molecular weight is 404 g/mol. The second-order valence-corrected chi connectivity index (χ2v) is 7.06. The van der Waals surface area contributed by atoms with Gasteiger partial charge in [0.15, 0.2) is 10.6 Å². The molecule has 1 heterocycles. The number of nitriles is 1. The van der Waals surface area contributed by atoms with Crippen molar-refractivity contribution in [3.63, 3.8) is 0 Å². The van der Waals surface area contributed by atoms with Crippen LogP contribution in [0.3, 0.4) is 0 Å². The predicted molar refractivity (Wildman–Crippen MR) is 114 cm³/mol. The zero-order valence-electron chi connectivity index (χ0n) is 16.1. The Morgan fingerprint density at radius 3 is 2.59 bits per heavy atom. The fourth-order valence-electron chi connectivity index (χ4n) is 2.94. The number of H-pyrrole nitrogens is 1. The summed E-state index contributed by atoms with van der Waals surface area (Å²) in [6, 6.07) is 17.2. The monoisotopic (exact) mass is 403 g/mol. The van der Waals surface area contributed by atoms with Gasteiger partial charge in [-0.3, -0.25) is 14.5 Å². The number of hydrogen-bond acceptors (Lipinski definition) is 4. The second-order valence-electron chi connectivity index (χ2n) is 6.68. The van der Waals surface area contributed by atoms with Gasteiger partial charge in [0.2, 0.25) is 5.91 Å². The summed E-state index contributed by atoms with van der Waals surface area (Å²) in [6.45, 7) is 6.67. The first-order chi connectivity index (χ1) is 14.0. The number of aryl methyl sites for hydroxylation is 1. The van der Waals surface area contributed by atoms with Gasteiger partial charge in [-0.15, -0.1) is 6.58 Å². The van der Waals surface area contributed by atoms with Crippen LogP contribution in [0.2, 0.25) is 0 Å². The van der Waals surface area contributed by atoms with Crippen molar-refractivity contribution in [1.29, 1.82) is 5.26 Å². The third kappa shape index (κ3) is 4.86. The SMILES string of the molecule is C=CCN(Cc1ccc(C#N)cc1)C(=O)Cn1c(-c2ccc(C)cc2)n[nH]c1=S. The van der Waals surface area contributed by atoms with Crippen molar-refractivity contribution in [2.75, 3.05) is 6.54 Å². The lowest BCUT2D eigenvalue weighted by atomic mass is 10.1. The lowest BCUT2D eigenvalue weighted by Crippen LogP contribution is -2.33. The highest BCUT2D eigenvalue weighted by molar-refractivity contribution is 7.71. The van der Waals surface area contributed by atoms with E-state index in [2.05, 4.69) is 22.8 Å². The van der Waals surface area contributed by atoms with Crippen molar-refractivity contribution in [3.8, 4) is 17.5 Å². The normalized spacial score (nSPS) is 10.3. The first-order valence-electron chi connectivity index (χ1n) is 9.11. The Bertz CT molecular complexity index is 1100. The summed E-state index contributed by atoms with van der Waals surface area (Å²) in [4.78, 5) is 14.7. The number of aromatic amines is 1. The summed E-state index contributed by atoms with van der Waals surface area (Å²) in [5.74, 6) is 0.528. The van der Waals surface area contributed by atoms with Crippen LogP contribution in [0.4, 0.5) is 0 Å². The number of rotatable bonds is 7. The molecule has 0 bridgehead atoms. The predicted octanol–water partition coefficient (Wildman–Crippen LogP) is 4.00. The number of nitrogens with one attached hydrogen (secondary N) is 1. The summed E-state index contributed by atoms with van der Waals surface area (Å²) >= 11 is 5.35. The molecule has 7 heteroatoms. The van der Waals surface area contributed by atoms with E-state index in [-0.39, 0.29) is 12.5 Å². The smallest absolute Gasteiger partial charge is 0.243 e. The minimum atomic E-state index is -0.0971. The first kappa shape index (κ1) is 20.2. The van der Waals surface area contributed by atoms with Crippen molar-refractivity contribution >= 4 is 18.1 Å². The molecule has 146 valence electrons. The number of nitrogens with zero attached hydrogens (tertiary/aromatic N) is 4. The molecule has 1 N–H and O–H groups in total. The van der Waals surface area contributed by atoms with Crippen molar-refractivity contribution in [2.24, 2.45) is 0 Å². The molecular formula is C22H21N5OS.